The molecule has 0 N–H and O–H groups in total. The summed E-state index contributed by atoms with van der Waals surface area (Å²) >= 11 is 0. The number of esters is 1. The lowest BCUT2D eigenvalue weighted by Crippen LogP contribution is -2.29. The van der Waals surface area contributed by atoms with Gasteiger partial charge in [0.2, 0.25) is 0 Å². The molecule has 0 bridgehead atoms. The van der Waals surface area contributed by atoms with Gasteiger partial charge in [0.15, 0.2) is 6.10 Å². The van der Waals surface area contributed by atoms with Gasteiger partial charge in [0, 0.05) is 0 Å². The van der Waals surface area contributed by atoms with Gasteiger partial charge in [-0.15, -0.1) is 0 Å². The molecule has 6 nitrogen and oxygen atoms in total. The Balaban J connectivity index is 2.12. The van der Waals surface area contributed by atoms with E-state index in [0.717, 1.165) is 5.56 Å². The lowest BCUT2D eigenvalue weighted by atomic mass is 10.1. The van der Waals surface area contributed by atoms with E-state index < -0.39 is 22.2 Å². The minimum Gasteiger partial charge on any atom is -0.467 e. The molecule has 136 valence electrons. The fourth-order valence-corrected chi connectivity index (χ4v) is 3.67. The fourth-order valence-electron chi connectivity index (χ4n) is 2.45. The van der Waals surface area contributed by atoms with Crippen molar-refractivity contribution in [2.45, 2.75) is 30.3 Å². The maximum Gasteiger partial charge on any atom is 0.336 e. The molecule has 0 saturated heterocycles. The summed E-state index contributed by atoms with van der Waals surface area (Å²) in [4.78, 5) is 11.7. The molecule has 0 unspecified atom stereocenters. The van der Waals surface area contributed by atoms with Crippen LogP contribution in [-0.4, -0.2) is 27.6 Å². The monoisotopic (exact) mass is 373 g/mol. The van der Waals surface area contributed by atoms with Crippen LogP contribution in [0.3, 0.4) is 0 Å². The number of benzene rings is 2. The van der Waals surface area contributed by atoms with Crippen LogP contribution in [0, 0.1) is 11.3 Å². The van der Waals surface area contributed by atoms with E-state index >= 15 is 0 Å². The molecule has 2 rings (SSSR count). The molecule has 0 aliphatic rings. The summed E-state index contributed by atoms with van der Waals surface area (Å²) in [5, 5.41) is 9.08. The average Bonchev–Trinajstić information content (AvgIpc) is 2.67. The van der Waals surface area contributed by atoms with Crippen molar-refractivity contribution in [3.8, 4) is 6.07 Å². The Morgan fingerprint density at radius 3 is 2.42 bits per heavy atom. The zero-order valence-electron chi connectivity index (χ0n) is 14.3. The second-order valence-corrected chi connectivity index (χ2v) is 7.09. The van der Waals surface area contributed by atoms with Crippen molar-refractivity contribution < 1.29 is 22.1 Å². The Labute approximate surface area is 153 Å². The van der Waals surface area contributed by atoms with Crippen LogP contribution in [0.1, 0.15) is 24.0 Å². The highest BCUT2D eigenvalue weighted by Gasteiger charge is 2.29. The number of carbonyl (C=O) groups excluding carboxylic acids is 1. The van der Waals surface area contributed by atoms with Gasteiger partial charge in [-0.3, -0.25) is 4.18 Å². The molecule has 0 aliphatic carbocycles. The predicted octanol–water partition coefficient (Wildman–Crippen LogP) is 2.83. The summed E-state index contributed by atoms with van der Waals surface area (Å²) in [6.07, 6.45) is 0.127. The van der Waals surface area contributed by atoms with Gasteiger partial charge in [-0.25, -0.2) is 4.79 Å². The van der Waals surface area contributed by atoms with E-state index in [0.29, 0.717) is 12.8 Å². The summed E-state index contributed by atoms with van der Waals surface area (Å²) in [6, 6.07) is 17.1. The number of nitrogens with zero attached hydrogens (tertiary/aromatic N) is 1. The summed E-state index contributed by atoms with van der Waals surface area (Å²) < 4.78 is 34.8. The molecule has 0 heterocycles. The van der Waals surface area contributed by atoms with Crippen LogP contribution in [0.15, 0.2) is 59.5 Å². The number of methoxy groups -OCH3 is 1. The summed E-state index contributed by atoms with van der Waals surface area (Å²) in [7, 11) is -3.10. The second-order valence-electron chi connectivity index (χ2n) is 5.55. The Kier molecular flexibility index (Phi) is 6.89. The minimum absolute atomic E-state index is 0.0413. The summed E-state index contributed by atoms with van der Waals surface area (Å²) in [5.41, 5.74) is 1.04. The molecule has 0 fully saturated rings. The van der Waals surface area contributed by atoms with Gasteiger partial charge in [-0.1, -0.05) is 42.5 Å². The third-order valence-electron chi connectivity index (χ3n) is 3.76. The van der Waals surface area contributed by atoms with E-state index in [2.05, 4.69) is 4.74 Å². The third kappa shape index (κ3) is 5.15. The van der Waals surface area contributed by atoms with Crippen molar-refractivity contribution in [3.63, 3.8) is 0 Å². The van der Waals surface area contributed by atoms with Crippen LogP contribution < -0.4 is 0 Å². The first-order valence-electron chi connectivity index (χ1n) is 8.02. The zero-order chi connectivity index (χ0) is 19.0. The number of hydrogen-bond donors (Lipinski definition) is 0. The first kappa shape index (κ1) is 19.6. The van der Waals surface area contributed by atoms with Gasteiger partial charge in [0.1, 0.15) is 11.0 Å². The van der Waals surface area contributed by atoms with E-state index in [9.17, 15) is 13.2 Å². The number of nitriles is 1. The number of aryl methyl sites for hydroxylation is 1. The fraction of sp³-hybridized carbons (Fsp3) is 0.263. The van der Waals surface area contributed by atoms with Crippen molar-refractivity contribution in [1.82, 2.24) is 0 Å². The van der Waals surface area contributed by atoms with Crippen molar-refractivity contribution >= 4 is 16.1 Å². The molecule has 7 heteroatoms. The second kappa shape index (κ2) is 9.13. The normalized spacial score (nSPS) is 12.2. The first-order valence-corrected chi connectivity index (χ1v) is 9.43. The van der Waals surface area contributed by atoms with Gasteiger partial charge < -0.3 is 4.74 Å². The summed E-state index contributed by atoms with van der Waals surface area (Å²) in [5.74, 6) is -0.768. The highest BCUT2D eigenvalue weighted by molar-refractivity contribution is 7.86. The number of ether oxygens (including phenoxy) is 1. The molecule has 0 radical (unpaired) electrons. The maximum absolute atomic E-state index is 12.5. The van der Waals surface area contributed by atoms with Gasteiger partial charge in [0.05, 0.1) is 12.7 Å². The Morgan fingerprint density at radius 1 is 1.12 bits per heavy atom. The van der Waals surface area contributed by atoms with Crippen LogP contribution >= 0.6 is 0 Å². The van der Waals surface area contributed by atoms with Crippen molar-refractivity contribution in [1.29, 1.82) is 5.26 Å². The lowest BCUT2D eigenvalue weighted by molar-refractivity contribution is -0.149. The molecule has 2 aromatic rings. The zero-order valence-corrected chi connectivity index (χ0v) is 15.1. The third-order valence-corrected chi connectivity index (χ3v) is 5.14. The highest BCUT2D eigenvalue weighted by atomic mass is 32.2. The van der Waals surface area contributed by atoms with Crippen LogP contribution in [0.5, 0.6) is 0 Å². The van der Waals surface area contributed by atoms with Crippen molar-refractivity contribution in [2.75, 3.05) is 7.11 Å². The topological polar surface area (TPSA) is 93.5 Å². The Morgan fingerprint density at radius 2 is 1.77 bits per heavy atom. The number of carbonyl (C=O) groups is 1. The molecule has 1 atom stereocenters. The van der Waals surface area contributed by atoms with E-state index in [1.165, 1.54) is 25.3 Å². The molecule has 0 saturated carbocycles. The highest BCUT2D eigenvalue weighted by Crippen LogP contribution is 2.21. The largest absolute Gasteiger partial charge is 0.467 e. The SMILES string of the molecule is COC(=O)[C@@H](CCCc1ccccc1)OS(=O)(=O)c1ccccc1C#N. The smallest absolute Gasteiger partial charge is 0.336 e. The van der Waals surface area contributed by atoms with Crippen LogP contribution in [0.2, 0.25) is 0 Å². The molecule has 0 amide bonds. The molecule has 0 spiro atoms. The molecular formula is C19H19NO5S. The van der Waals surface area contributed by atoms with Crippen LogP contribution in [0.25, 0.3) is 0 Å². The predicted molar refractivity (Wildman–Crippen MR) is 94.6 cm³/mol. The Hall–Kier alpha value is -2.69. The minimum atomic E-state index is -4.28. The van der Waals surface area contributed by atoms with Gasteiger partial charge in [-0.05, 0) is 37.0 Å². The number of hydrogen-bond acceptors (Lipinski definition) is 6. The Bertz CT molecular complexity index is 888. The van der Waals surface area contributed by atoms with Crippen LogP contribution in [0.4, 0.5) is 0 Å². The van der Waals surface area contributed by atoms with Crippen molar-refractivity contribution in [2.24, 2.45) is 0 Å². The van der Waals surface area contributed by atoms with E-state index in [-0.39, 0.29) is 16.9 Å². The standard InChI is InChI=1S/C19H19NO5S/c1-24-19(21)17(12-7-10-15-8-3-2-4-9-15)25-26(22,23)18-13-6-5-11-16(18)14-20/h2-6,8-9,11,13,17H,7,10,12H2,1H3/t17-/m1/s1. The van der Waals surface area contributed by atoms with Gasteiger partial charge >= 0.3 is 5.97 Å². The van der Waals surface area contributed by atoms with E-state index in [1.807, 2.05) is 36.4 Å². The van der Waals surface area contributed by atoms with E-state index in [1.54, 1.807) is 6.07 Å². The molecule has 0 aliphatic heterocycles. The first-order chi connectivity index (χ1) is 12.5. The quantitative estimate of drug-likeness (QED) is 0.522. The molecule has 26 heavy (non-hydrogen) atoms. The van der Waals surface area contributed by atoms with Crippen molar-refractivity contribution in [3.05, 3.63) is 65.7 Å². The van der Waals surface area contributed by atoms with Crippen LogP contribution in [-0.2, 0) is 30.3 Å². The summed E-state index contributed by atoms with van der Waals surface area (Å²) in [6.45, 7) is 0. The molecule has 0 aromatic heterocycles. The number of rotatable bonds is 8. The lowest BCUT2D eigenvalue weighted by Gasteiger charge is -2.16. The molecule has 2 aromatic carbocycles. The van der Waals surface area contributed by atoms with Gasteiger partial charge in [0.25, 0.3) is 10.1 Å². The maximum atomic E-state index is 12.5. The molecular weight excluding hydrogens is 354 g/mol. The van der Waals surface area contributed by atoms with Gasteiger partial charge in [-0.2, -0.15) is 13.7 Å². The van der Waals surface area contributed by atoms with E-state index in [4.69, 9.17) is 9.44 Å². The average molecular weight is 373 g/mol.